The minimum absolute atomic E-state index is 0.0308. The van der Waals surface area contributed by atoms with Crippen molar-refractivity contribution in [3.8, 4) is 0 Å². The van der Waals surface area contributed by atoms with E-state index in [2.05, 4.69) is 0 Å². The van der Waals surface area contributed by atoms with Gasteiger partial charge < -0.3 is 15.9 Å². The number of hydrogen-bond donors (Lipinski definition) is 3. The second-order valence-electron chi connectivity index (χ2n) is 4.35. The first-order valence-electron chi connectivity index (χ1n) is 5.64. The Bertz CT molecular complexity index is 482. The lowest BCUT2D eigenvalue weighted by Gasteiger charge is -2.16. The number of carboxylic acid groups (broad SMARTS) is 2. The summed E-state index contributed by atoms with van der Waals surface area (Å²) in [5.74, 6) is -1.92. The minimum atomic E-state index is -1.01. The first-order valence-corrected chi connectivity index (χ1v) is 5.64. The maximum atomic E-state index is 11.0. The molecule has 0 aliphatic rings. The number of rotatable bonds is 5. The Morgan fingerprint density at radius 2 is 1.89 bits per heavy atom. The highest BCUT2D eigenvalue weighted by molar-refractivity contribution is 5.88. The minimum Gasteiger partial charge on any atom is -0.481 e. The molecule has 0 aliphatic carbocycles. The monoisotopic (exact) mass is 251 g/mol. The number of aliphatic carboxylic acids is 1. The van der Waals surface area contributed by atoms with Crippen LogP contribution in [0.1, 0.15) is 45.9 Å². The molecule has 5 nitrogen and oxygen atoms in total. The number of benzene rings is 1. The quantitative estimate of drug-likeness (QED) is 0.741. The third kappa shape index (κ3) is 3.30. The molecule has 0 saturated carbocycles. The zero-order valence-electron chi connectivity index (χ0n) is 10.4. The summed E-state index contributed by atoms with van der Waals surface area (Å²) < 4.78 is 0. The lowest BCUT2D eigenvalue weighted by Crippen LogP contribution is -2.15. The van der Waals surface area contributed by atoms with Crippen LogP contribution in [0.25, 0.3) is 0 Å². The first kappa shape index (κ1) is 14.2. The second kappa shape index (κ2) is 5.64. The molecular formula is C13H17NO4. The molecule has 1 atom stereocenters. The van der Waals surface area contributed by atoms with Crippen LogP contribution in [0.5, 0.6) is 0 Å². The molecule has 1 aromatic rings. The average molecular weight is 251 g/mol. The molecule has 0 bridgehead atoms. The lowest BCUT2D eigenvalue weighted by molar-refractivity contribution is -0.137. The summed E-state index contributed by atoms with van der Waals surface area (Å²) in [6, 6.07) is 2.65. The smallest absolute Gasteiger partial charge is 0.335 e. The van der Waals surface area contributed by atoms with E-state index in [0.29, 0.717) is 12.0 Å². The van der Waals surface area contributed by atoms with Gasteiger partial charge in [-0.25, -0.2) is 4.79 Å². The van der Waals surface area contributed by atoms with Crippen LogP contribution in [0.4, 0.5) is 0 Å². The summed E-state index contributed by atoms with van der Waals surface area (Å²) in [5, 5.41) is 17.6. The van der Waals surface area contributed by atoms with Crippen molar-refractivity contribution in [3.05, 3.63) is 34.4 Å². The van der Waals surface area contributed by atoms with Gasteiger partial charge in [-0.1, -0.05) is 0 Å². The molecular weight excluding hydrogens is 234 g/mol. The van der Waals surface area contributed by atoms with Gasteiger partial charge in [0.15, 0.2) is 0 Å². The fourth-order valence-corrected chi connectivity index (χ4v) is 1.83. The van der Waals surface area contributed by atoms with E-state index in [9.17, 15) is 9.59 Å². The van der Waals surface area contributed by atoms with Crippen LogP contribution in [-0.4, -0.2) is 22.2 Å². The van der Waals surface area contributed by atoms with Crippen molar-refractivity contribution >= 4 is 11.9 Å². The third-order valence-corrected chi connectivity index (χ3v) is 3.02. The highest BCUT2D eigenvalue weighted by atomic mass is 16.4. The molecule has 1 aromatic carbocycles. The molecule has 0 aromatic heterocycles. The topological polar surface area (TPSA) is 101 Å². The number of carboxylic acids is 2. The van der Waals surface area contributed by atoms with Gasteiger partial charge >= 0.3 is 11.9 Å². The SMILES string of the molecule is Cc1cc(C(=O)O)cc(C(N)CCC(=O)O)c1C. The molecule has 0 aliphatic heterocycles. The summed E-state index contributed by atoms with van der Waals surface area (Å²) in [5.41, 5.74) is 8.57. The van der Waals surface area contributed by atoms with Gasteiger partial charge in [0.1, 0.15) is 0 Å². The normalized spacial score (nSPS) is 12.2. The summed E-state index contributed by atoms with van der Waals surface area (Å²) in [6.45, 7) is 3.67. The van der Waals surface area contributed by atoms with Crippen molar-refractivity contribution in [3.63, 3.8) is 0 Å². The van der Waals surface area contributed by atoms with Crippen LogP contribution in [0.2, 0.25) is 0 Å². The molecule has 0 heterocycles. The van der Waals surface area contributed by atoms with E-state index in [4.69, 9.17) is 15.9 Å². The molecule has 0 amide bonds. The molecule has 0 radical (unpaired) electrons. The van der Waals surface area contributed by atoms with Crippen LogP contribution in [-0.2, 0) is 4.79 Å². The van der Waals surface area contributed by atoms with Crippen LogP contribution in [0.15, 0.2) is 12.1 Å². The van der Waals surface area contributed by atoms with E-state index in [-0.39, 0.29) is 12.0 Å². The number of hydrogen-bond acceptors (Lipinski definition) is 3. The van der Waals surface area contributed by atoms with Crippen molar-refractivity contribution in [1.29, 1.82) is 0 Å². The molecule has 0 fully saturated rings. The van der Waals surface area contributed by atoms with Gasteiger partial charge in [0, 0.05) is 12.5 Å². The van der Waals surface area contributed by atoms with E-state index in [0.717, 1.165) is 11.1 Å². The van der Waals surface area contributed by atoms with Crippen LogP contribution in [0.3, 0.4) is 0 Å². The second-order valence-corrected chi connectivity index (χ2v) is 4.35. The zero-order chi connectivity index (χ0) is 13.9. The molecule has 98 valence electrons. The van der Waals surface area contributed by atoms with Gasteiger partial charge in [0.2, 0.25) is 0 Å². The van der Waals surface area contributed by atoms with E-state index in [1.165, 1.54) is 6.07 Å². The average Bonchev–Trinajstić information content (AvgIpc) is 2.29. The van der Waals surface area contributed by atoms with E-state index < -0.39 is 18.0 Å². The van der Waals surface area contributed by atoms with Gasteiger partial charge in [-0.05, 0) is 49.1 Å². The molecule has 18 heavy (non-hydrogen) atoms. The van der Waals surface area contributed by atoms with Crippen molar-refractivity contribution in [2.45, 2.75) is 32.7 Å². The number of carbonyl (C=O) groups is 2. The first-order chi connectivity index (χ1) is 8.32. The number of aryl methyl sites for hydroxylation is 1. The van der Waals surface area contributed by atoms with E-state index in [1.807, 2.05) is 13.8 Å². The Morgan fingerprint density at radius 1 is 1.28 bits per heavy atom. The maximum Gasteiger partial charge on any atom is 0.335 e. The summed E-state index contributed by atoms with van der Waals surface area (Å²) in [7, 11) is 0. The van der Waals surface area contributed by atoms with Crippen LogP contribution >= 0.6 is 0 Å². The Labute approximate surface area is 105 Å². The standard InChI is InChI=1S/C13H17NO4/c1-7-5-9(13(17)18)6-10(8(7)2)11(14)3-4-12(15)16/h5-6,11H,3-4,14H2,1-2H3,(H,15,16)(H,17,18). The maximum absolute atomic E-state index is 11.0. The van der Waals surface area contributed by atoms with E-state index in [1.54, 1.807) is 6.07 Å². The van der Waals surface area contributed by atoms with Crippen molar-refractivity contribution in [2.24, 2.45) is 5.73 Å². The molecule has 0 saturated heterocycles. The molecule has 1 unspecified atom stereocenters. The van der Waals surface area contributed by atoms with Gasteiger partial charge in [0.25, 0.3) is 0 Å². The Kier molecular flexibility index (Phi) is 4.44. The largest absolute Gasteiger partial charge is 0.481 e. The fourth-order valence-electron chi connectivity index (χ4n) is 1.83. The Balaban J connectivity index is 3.06. The lowest BCUT2D eigenvalue weighted by atomic mass is 9.93. The summed E-state index contributed by atoms with van der Waals surface area (Å²) in [4.78, 5) is 21.5. The van der Waals surface area contributed by atoms with Gasteiger partial charge in [0.05, 0.1) is 5.56 Å². The highest BCUT2D eigenvalue weighted by Crippen LogP contribution is 2.24. The van der Waals surface area contributed by atoms with Crippen LogP contribution in [0, 0.1) is 13.8 Å². The van der Waals surface area contributed by atoms with Gasteiger partial charge in [-0.3, -0.25) is 4.79 Å². The third-order valence-electron chi connectivity index (χ3n) is 3.02. The zero-order valence-corrected chi connectivity index (χ0v) is 10.4. The molecule has 0 spiro atoms. The summed E-state index contributed by atoms with van der Waals surface area (Å²) >= 11 is 0. The summed E-state index contributed by atoms with van der Waals surface area (Å²) in [6.07, 6.45) is 0.260. The molecule has 1 rings (SSSR count). The number of aromatic carboxylic acids is 1. The van der Waals surface area contributed by atoms with Crippen LogP contribution < -0.4 is 5.73 Å². The van der Waals surface area contributed by atoms with E-state index >= 15 is 0 Å². The van der Waals surface area contributed by atoms with Crippen molar-refractivity contribution in [2.75, 3.05) is 0 Å². The predicted octanol–water partition coefficient (Wildman–Crippen LogP) is 1.87. The fraction of sp³-hybridized carbons (Fsp3) is 0.385. The predicted molar refractivity (Wildman–Crippen MR) is 66.7 cm³/mol. The van der Waals surface area contributed by atoms with Gasteiger partial charge in [-0.15, -0.1) is 0 Å². The Hall–Kier alpha value is -1.88. The highest BCUT2D eigenvalue weighted by Gasteiger charge is 2.15. The van der Waals surface area contributed by atoms with Gasteiger partial charge in [-0.2, -0.15) is 0 Å². The Morgan fingerprint density at radius 3 is 2.39 bits per heavy atom. The van der Waals surface area contributed by atoms with Crippen molar-refractivity contribution < 1.29 is 19.8 Å². The molecule has 4 N–H and O–H groups in total. The van der Waals surface area contributed by atoms with Crippen molar-refractivity contribution in [1.82, 2.24) is 0 Å². The molecule has 5 heteroatoms. The number of nitrogens with two attached hydrogens (primary N) is 1.